The van der Waals surface area contributed by atoms with E-state index in [1.165, 1.54) is 0 Å². The average molecular weight is 493 g/mol. The van der Waals surface area contributed by atoms with Crippen LogP contribution in [0.1, 0.15) is 28.3 Å². The van der Waals surface area contributed by atoms with E-state index < -0.39 is 0 Å². The summed E-state index contributed by atoms with van der Waals surface area (Å²) < 4.78 is 15.9. The third-order valence-electron chi connectivity index (χ3n) is 6.41. The third-order valence-corrected chi connectivity index (χ3v) is 7.28. The first kappa shape index (κ1) is 20.8. The molecular weight excluding hydrogens is 472 g/mol. The van der Waals surface area contributed by atoms with Gasteiger partial charge < -0.3 is 9.47 Å². The lowest BCUT2D eigenvalue weighted by Gasteiger charge is -2.27. The van der Waals surface area contributed by atoms with E-state index in [0.29, 0.717) is 23.2 Å². The van der Waals surface area contributed by atoms with Crippen molar-refractivity contribution in [3.05, 3.63) is 101 Å². The van der Waals surface area contributed by atoms with Crippen LogP contribution in [0.25, 0.3) is 22.0 Å². The molecule has 1 aliphatic rings. The topological polar surface area (TPSA) is 79.4 Å². The molecule has 0 saturated carbocycles. The van der Waals surface area contributed by atoms with Crippen molar-refractivity contribution in [2.75, 3.05) is 7.11 Å². The van der Waals surface area contributed by atoms with Crippen molar-refractivity contribution in [2.24, 2.45) is 0 Å². The summed E-state index contributed by atoms with van der Waals surface area (Å²) in [7, 11) is 1.69. The molecular formula is C27H20N6O2S. The number of methoxy groups -OCH3 is 1. The summed E-state index contributed by atoms with van der Waals surface area (Å²) in [6, 6.07) is 22.0. The maximum atomic E-state index is 6.49. The molecule has 6 aromatic rings. The Hall–Kier alpha value is -4.50. The van der Waals surface area contributed by atoms with E-state index in [9.17, 15) is 0 Å². The molecule has 1 atom stereocenters. The van der Waals surface area contributed by atoms with Crippen molar-refractivity contribution >= 4 is 17.0 Å². The van der Waals surface area contributed by atoms with Gasteiger partial charge in [-0.15, -0.1) is 16.4 Å². The Morgan fingerprint density at radius 2 is 1.78 bits per heavy atom. The van der Waals surface area contributed by atoms with Crippen LogP contribution in [-0.2, 0) is 0 Å². The highest BCUT2D eigenvalue weighted by atomic mass is 32.1. The van der Waals surface area contributed by atoms with Crippen LogP contribution in [0.4, 0.5) is 0 Å². The Morgan fingerprint density at radius 3 is 2.58 bits per heavy atom. The molecule has 0 fully saturated rings. The fourth-order valence-corrected chi connectivity index (χ4v) is 5.50. The van der Waals surface area contributed by atoms with Crippen LogP contribution < -0.4 is 9.47 Å². The first-order valence-electron chi connectivity index (χ1n) is 11.5. The van der Waals surface area contributed by atoms with Crippen molar-refractivity contribution in [3.63, 3.8) is 0 Å². The Kier molecular flexibility index (Phi) is 4.65. The van der Waals surface area contributed by atoms with E-state index in [0.717, 1.165) is 38.7 Å². The molecule has 2 aromatic carbocycles. The fraction of sp³-hybridized carbons (Fsp3) is 0.111. The number of aryl methyl sites for hydroxylation is 1. The standard InChI is InChI=1S/C27H20N6O2S/c1-16-21-22(18-11-6-7-12-19(18)34-2)23-25-29-24(20-13-8-14-36-20)31-32(25)15-28-26(23)35-27(21)33(30-16)17-9-4-3-5-10-17/h3-15,22H,1-2H3. The zero-order valence-electron chi connectivity index (χ0n) is 19.5. The second-order valence-corrected chi connectivity index (χ2v) is 9.42. The number of para-hydroxylation sites is 2. The monoisotopic (exact) mass is 492 g/mol. The number of hydrogen-bond donors (Lipinski definition) is 0. The van der Waals surface area contributed by atoms with E-state index >= 15 is 0 Å². The highest BCUT2D eigenvalue weighted by Crippen LogP contribution is 2.51. The lowest BCUT2D eigenvalue weighted by molar-refractivity contribution is 0.393. The van der Waals surface area contributed by atoms with Gasteiger partial charge in [-0.05, 0) is 36.6 Å². The normalized spacial score (nSPS) is 14.3. The van der Waals surface area contributed by atoms with E-state index in [1.807, 2.05) is 77.6 Å². The van der Waals surface area contributed by atoms with Crippen LogP contribution in [0.2, 0.25) is 0 Å². The number of aromatic nitrogens is 6. The lowest BCUT2D eigenvalue weighted by atomic mass is 9.84. The highest BCUT2D eigenvalue weighted by Gasteiger charge is 2.39. The highest BCUT2D eigenvalue weighted by molar-refractivity contribution is 7.13. The van der Waals surface area contributed by atoms with Crippen LogP contribution in [0, 0.1) is 6.92 Å². The number of benzene rings is 2. The fourth-order valence-electron chi connectivity index (χ4n) is 4.85. The van der Waals surface area contributed by atoms with E-state index in [-0.39, 0.29) is 5.92 Å². The number of hydrogen-bond acceptors (Lipinski definition) is 7. The minimum absolute atomic E-state index is 0.269. The van der Waals surface area contributed by atoms with E-state index in [1.54, 1.807) is 29.3 Å². The Labute approximate surface area is 210 Å². The Morgan fingerprint density at radius 1 is 0.944 bits per heavy atom. The van der Waals surface area contributed by atoms with Crippen LogP contribution in [0.15, 0.2) is 78.4 Å². The Balaban J connectivity index is 1.53. The molecule has 0 spiro atoms. The van der Waals surface area contributed by atoms with Crippen molar-refractivity contribution in [3.8, 4) is 33.9 Å². The zero-order chi connectivity index (χ0) is 24.2. The van der Waals surface area contributed by atoms with Gasteiger partial charge in [0.25, 0.3) is 0 Å². The van der Waals surface area contributed by atoms with Gasteiger partial charge in [-0.3, -0.25) is 0 Å². The second kappa shape index (κ2) is 8.03. The van der Waals surface area contributed by atoms with E-state index in [4.69, 9.17) is 24.7 Å². The van der Waals surface area contributed by atoms with Crippen LogP contribution in [0.5, 0.6) is 17.5 Å². The van der Waals surface area contributed by atoms with Crippen LogP contribution in [-0.4, -0.2) is 36.5 Å². The third kappa shape index (κ3) is 3.06. The predicted octanol–water partition coefficient (Wildman–Crippen LogP) is 5.64. The van der Waals surface area contributed by atoms with Gasteiger partial charge in [-0.1, -0.05) is 42.5 Å². The number of nitrogens with zero attached hydrogens (tertiary/aromatic N) is 6. The van der Waals surface area contributed by atoms with Crippen LogP contribution in [0.3, 0.4) is 0 Å². The SMILES string of the molecule is COc1ccccc1C1c2c(C)nn(-c3ccccc3)c2Oc2ncn3nc(-c4cccs4)nc3c21. The van der Waals surface area contributed by atoms with E-state index in [2.05, 4.69) is 11.1 Å². The van der Waals surface area contributed by atoms with Gasteiger partial charge >= 0.3 is 0 Å². The summed E-state index contributed by atoms with van der Waals surface area (Å²) in [5, 5.41) is 11.6. The summed E-state index contributed by atoms with van der Waals surface area (Å²) in [5.74, 6) is 2.27. The molecule has 8 nitrogen and oxygen atoms in total. The molecule has 9 heteroatoms. The number of ether oxygens (including phenoxy) is 2. The average Bonchev–Trinajstić information content (AvgIpc) is 3.67. The first-order chi connectivity index (χ1) is 17.7. The summed E-state index contributed by atoms with van der Waals surface area (Å²) in [4.78, 5) is 10.6. The molecule has 0 N–H and O–H groups in total. The maximum absolute atomic E-state index is 6.49. The summed E-state index contributed by atoms with van der Waals surface area (Å²) in [6.07, 6.45) is 1.65. The molecule has 36 heavy (non-hydrogen) atoms. The zero-order valence-corrected chi connectivity index (χ0v) is 20.3. The molecule has 5 heterocycles. The van der Waals surface area contributed by atoms with Crippen molar-refractivity contribution in [2.45, 2.75) is 12.8 Å². The lowest BCUT2D eigenvalue weighted by Crippen LogP contribution is -2.16. The molecule has 0 amide bonds. The Bertz CT molecular complexity index is 1720. The molecule has 1 aliphatic heterocycles. The summed E-state index contributed by atoms with van der Waals surface area (Å²) in [6.45, 7) is 2.00. The van der Waals surface area contributed by atoms with Gasteiger partial charge in [-0.25, -0.2) is 19.2 Å². The first-order valence-corrected chi connectivity index (χ1v) is 12.4. The number of thiophene rings is 1. The smallest absolute Gasteiger partial charge is 0.230 e. The molecule has 4 aromatic heterocycles. The van der Waals surface area contributed by atoms with Gasteiger partial charge in [0.05, 0.1) is 40.4 Å². The van der Waals surface area contributed by atoms with Crippen LogP contribution >= 0.6 is 11.3 Å². The van der Waals surface area contributed by atoms with Crippen molar-refractivity contribution in [1.82, 2.24) is 29.4 Å². The minimum Gasteiger partial charge on any atom is -0.496 e. The van der Waals surface area contributed by atoms with Crippen molar-refractivity contribution < 1.29 is 9.47 Å². The minimum atomic E-state index is -0.269. The molecule has 0 saturated heterocycles. The second-order valence-electron chi connectivity index (χ2n) is 8.47. The summed E-state index contributed by atoms with van der Waals surface area (Å²) >= 11 is 1.60. The molecule has 1 unspecified atom stereocenters. The van der Waals surface area contributed by atoms with Crippen molar-refractivity contribution in [1.29, 1.82) is 0 Å². The van der Waals surface area contributed by atoms with Gasteiger partial charge in [0.1, 0.15) is 12.1 Å². The molecule has 0 aliphatic carbocycles. The largest absolute Gasteiger partial charge is 0.496 e. The van der Waals surface area contributed by atoms with Gasteiger partial charge in [0, 0.05) is 5.56 Å². The molecule has 7 rings (SSSR count). The maximum Gasteiger partial charge on any atom is 0.230 e. The number of rotatable bonds is 4. The quantitative estimate of drug-likeness (QED) is 0.316. The molecule has 0 radical (unpaired) electrons. The summed E-state index contributed by atoms with van der Waals surface area (Å²) in [5.41, 5.74) is 5.23. The molecule has 0 bridgehead atoms. The van der Waals surface area contributed by atoms with Gasteiger partial charge in [-0.2, -0.15) is 5.10 Å². The van der Waals surface area contributed by atoms with Gasteiger partial charge in [0.15, 0.2) is 11.5 Å². The molecule has 176 valence electrons. The predicted molar refractivity (Wildman–Crippen MR) is 136 cm³/mol. The van der Waals surface area contributed by atoms with Gasteiger partial charge in [0.2, 0.25) is 11.8 Å². The number of fused-ring (bicyclic) bond motifs is 4.